The highest BCUT2D eigenvalue weighted by Gasteiger charge is 2.19. The Morgan fingerprint density at radius 2 is 1.88 bits per heavy atom. The molecule has 2 atom stereocenters. The number of hydrogen-bond donors (Lipinski definition) is 2. The Morgan fingerprint density at radius 3 is 2.60 bits per heavy atom. The molecule has 5 heteroatoms. The normalized spacial score (nSPS) is 13.6. The molecule has 130 valence electrons. The number of rotatable bonds is 6. The van der Waals surface area contributed by atoms with Crippen LogP contribution < -0.4 is 15.2 Å². The average Bonchev–Trinajstić information content (AvgIpc) is 2.63. The van der Waals surface area contributed by atoms with Gasteiger partial charge in [0, 0.05) is 5.56 Å². The number of para-hydroxylation sites is 1. The van der Waals surface area contributed by atoms with E-state index in [9.17, 15) is 4.79 Å². The summed E-state index contributed by atoms with van der Waals surface area (Å²) >= 11 is 0. The molecule has 3 rings (SSSR count). The molecule has 0 aliphatic rings. The Balaban J connectivity index is 1.78. The summed E-state index contributed by atoms with van der Waals surface area (Å²) in [6.45, 7) is 5.56. The zero-order chi connectivity index (χ0) is 17.8. The summed E-state index contributed by atoms with van der Waals surface area (Å²) in [4.78, 5) is 21.1. The Kier molecular flexibility index (Phi) is 5.14. The fraction of sp³-hybridized carbons (Fsp3) is 0.300. The Morgan fingerprint density at radius 1 is 1.16 bits per heavy atom. The van der Waals surface area contributed by atoms with E-state index in [1.165, 1.54) is 10.5 Å². The molecular formula is C20H24N3O2+. The maximum absolute atomic E-state index is 12.3. The van der Waals surface area contributed by atoms with Crippen LogP contribution in [0.25, 0.3) is 10.9 Å². The third-order valence-electron chi connectivity index (χ3n) is 4.50. The number of hydrogen-bond acceptors (Lipinski definition) is 3. The molecule has 0 aliphatic carbocycles. The minimum Gasteiger partial charge on any atom is -0.494 e. The third kappa shape index (κ3) is 3.88. The van der Waals surface area contributed by atoms with Gasteiger partial charge >= 0.3 is 0 Å². The van der Waals surface area contributed by atoms with Crippen molar-refractivity contribution in [2.75, 3.05) is 13.7 Å². The van der Waals surface area contributed by atoms with Gasteiger partial charge < -0.3 is 14.6 Å². The number of fused-ring (bicyclic) bond motifs is 1. The number of nitrogens with one attached hydrogen (secondary N) is 2. The van der Waals surface area contributed by atoms with E-state index in [1.807, 2.05) is 37.3 Å². The van der Waals surface area contributed by atoms with Crippen molar-refractivity contribution in [3.63, 3.8) is 0 Å². The van der Waals surface area contributed by atoms with Gasteiger partial charge in [0.15, 0.2) is 5.82 Å². The summed E-state index contributed by atoms with van der Waals surface area (Å²) in [5, 5.41) is 0.627. The number of nitrogens with zero attached hydrogens (tertiary/aromatic N) is 1. The van der Waals surface area contributed by atoms with Crippen LogP contribution >= 0.6 is 0 Å². The van der Waals surface area contributed by atoms with E-state index in [0.717, 1.165) is 17.8 Å². The van der Waals surface area contributed by atoms with Crippen LogP contribution in [0.4, 0.5) is 0 Å². The zero-order valence-electron chi connectivity index (χ0n) is 14.9. The monoisotopic (exact) mass is 338 g/mol. The molecule has 1 aromatic heterocycles. The first kappa shape index (κ1) is 17.2. The molecule has 0 amide bonds. The lowest BCUT2D eigenvalue weighted by atomic mass is 10.1. The van der Waals surface area contributed by atoms with E-state index in [4.69, 9.17) is 4.74 Å². The molecule has 0 saturated heterocycles. The van der Waals surface area contributed by atoms with E-state index < -0.39 is 0 Å². The van der Waals surface area contributed by atoms with Gasteiger partial charge in [-0.25, -0.2) is 4.98 Å². The van der Waals surface area contributed by atoms with Crippen LogP contribution in [0.3, 0.4) is 0 Å². The van der Waals surface area contributed by atoms with Gasteiger partial charge in [-0.15, -0.1) is 0 Å². The van der Waals surface area contributed by atoms with Crippen LogP contribution in [0, 0.1) is 0 Å². The van der Waals surface area contributed by atoms with Crippen molar-refractivity contribution in [3.8, 4) is 5.75 Å². The van der Waals surface area contributed by atoms with Gasteiger partial charge in [-0.3, -0.25) is 4.79 Å². The van der Waals surface area contributed by atoms with Crippen molar-refractivity contribution >= 4 is 10.9 Å². The predicted molar refractivity (Wildman–Crippen MR) is 99.0 cm³/mol. The molecule has 0 bridgehead atoms. The molecule has 1 heterocycles. The number of quaternary nitrogens is 1. The van der Waals surface area contributed by atoms with Gasteiger partial charge in [0.1, 0.15) is 18.3 Å². The molecule has 5 nitrogen and oxygen atoms in total. The molecule has 1 unspecified atom stereocenters. The van der Waals surface area contributed by atoms with Crippen LogP contribution in [0.2, 0.25) is 0 Å². The fourth-order valence-corrected chi connectivity index (χ4v) is 2.89. The quantitative estimate of drug-likeness (QED) is 0.724. The van der Waals surface area contributed by atoms with Gasteiger partial charge in [0.25, 0.3) is 5.56 Å². The third-order valence-corrected chi connectivity index (χ3v) is 4.50. The largest absolute Gasteiger partial charge is 0.494 e. The second-order valence-corrected chi connectivity index (χ2v) is 6.29. The second-order valence-electron chi connectivity index (χ2n) is 6.29. The molecule has 0 aliphatic heterocycles. The number of aromatic amines is 1. The number of H-pyrrole nitrogens is 1. The number of benzene rings is 2. The van der Waals surface area contributed by atoms with Crippen LogP contribution in [0.1, 0.15) is 31.3 Å². The molecule has 0 radical (unpaired) electrons. The summed E-state index contributed by atoms with van der Waals surface area (Å²) in [5.41, 5.74) is 1.87. The Labute approximate surface area is 147 Å². The summed E-state index contributed by atoms with van der Waals surface area (Å²) < 4.78 is 5.48. The molecule has 0 saturated carbocycles. The van der Waals surface area contributed by atoms with E-state index in [-0.39, 0.29) is 11.6 Å². The van der Waals surface area contributed by atoms with Gasteiger partial charge in [0.2, 0.25) is 0 Å². The fourth-order valence-electron chi connectivity index (χ4n) is 2.89. The van der Waals surface area contributed by atoms with Crippen molar-refractivity contribution in [1.82, 2.24) is 9.97 Å². The molecule has 2 aromatic carbocycles. The van der Waals surface area contributed by atoms with Crippen LogP contribution in [-0.4, -0.2) is 23.6 Å². The smallest absolute Gasteiger partial charge is 0.258 e. The highest BCUT2D eigenvalue weighted by molar-refractivity contribution is 5.77. The van der Waals surface area contributed by atoms with Gasteiger partial charge in [-0.05, 0) is 50.2 Å². The van der Waals surface area contributed by atoms with Crippen molar-refractivity contribution < 1.29 is 9.64 Å². The summed E-state index contributed by atoms with van der Waals surface area (Å²) in [6.07, 6.45) is 0. The minimum absolute atomic E-state index is 0.0730. The van der Waals surface area contributed by atoms with E-state index in [1.54, 1.807) is 6.07 Å². The topological polar surface area (TPSA) is 59.4 Å². The van der Waals surface area contributed by atoms with Crippen molar-refractivity contribution in [3.05, 3.63) is 70.3 Å². The SMILES string of the molecule is CCOc1ccc(C[NH+](C)[C@@H](C)c2nc3ccccc3c(=O)[nH]2)cc1. The highest BCUT2D eigenvalue weighted by atomic mass is 16.5. The minimum atomic E-state index is -0.0821. The van der Waals surface area contributed by atoms with Crippen molar-refractivity contribution in [2.24, 2.45) is 0 Å². The zero-order valence-corrected chi connectivity index (χ0v) is 14.9. The highest BCUT2D eigenvalue weighted by Crippen LogP contribution is 2.12. The lowest BCUT2D eigenvalue weighted by Crippen LogP contribution is -3.07. The summed E-state index contributed by atoms with van der Waals surface area (Å²) in [5.74, 6) is 1.60. The van der Waals surface area contributed by atoms with Gasteiger partial charge in [-0.1, -0.05) is 12.1 Å². The van der Waals surface area contributed by atoms with Crippen LogP contribution in [0.5, 0.6) is 5.75 Å². The van der Waals surface area contributed by atoms with E-state index in [2.05, 4.69) is 36.1 Å². The molecule has 25 heavy (non-hydrogen) atoms. The first-order valence-electron chi connectivity index (χ1n) is 8.61. The van der Waals surface area contributed by atoms with Crippen LogP contribution in [-0.2, 0) is 6.54 Å². The average molecular weight is 338 g/mol. The molecule has 0 spiro atoms. The van der Waals surface area contributed by atoms with Gasteiger partial charge in [-0.2, -0.15) is 0 Å². The predicted octanol–water partition coefficient (Wildman–Crippen LogP) is 2.10. The number of aromatic nitrogens is 2. The Bertz CT molecular complexity index is 903. The summed E-state index contributed by atoms with van der Waals surface area (Å²) in [7, 11) is 2.11. The molecule has 2 N–H and O–H groups in total. The van der Waals surface area contributed by atoms with E-state index in [0.29, 0.717) is 17.8 Å². The maximum atomic E-state index is 12.3. The van der Waals surface area contributed by atoms with Gasteiger partial charge in [0.05, 0.1) is 24.6 Å². The first-order valence-corrected chi connectivity index (χ1v) is 8.61. The van der Waals surface area contributed by atoms with Crippen LogP contribution in [0.15, 0.2) is 53.3 Å². The second kappa shape index (κ2) is 7.49. The Hall–Kier alpha value is -2.66. The summed E-state index contributed by atoms with van der Waals surface area (Å²) in [6, 6.07) is 15.7. The van der Waals surface area contributed by atoms with E-state index >= 15 is 0 Å². The lowest BCUT2D eigenvalue weighted by Gasteiger charge is -2.21. The standard InChI is InChI=1S/C20H23N3O2/c1-4-25-16-11-9-15(10-12-16)13-23(3)14(2)19-21-18-8-6-5-7-17(18)20(24)22-19/h5-12,14H,4,13H2,1-3H3,(H,21,22,24)/p+1/t14-/m0/s1. The molecule has 3 aromatic rings. The first-order chi connectivity index (χ1) is 12.1. The molecule has 0 fully saturated rings. The maximum Gasteiger partial charge on any atom is 0.258 e. The van der Waals surface area contributed by atoms with Crippen molar-refractivity contribution in [2.45, 2.75) is 26.4 Å². The number of ether oxygens (including phenoxy) is 1. The lowest BCUT2D eigenvalue weighted by molar-refractivity contribution is -0.924. The van der Waals surface area contributed by atoms with Crippen molar-refractivity contribution in [1.29, 1.82) is 0 Å². The molecular weight excluding hydrogens is 314 g/mol.